The predicted molar refractivity (Wildman–Crippen MR) is 123 cm³/mol. The lowest BCUT2D eigenvalue weighted by molar-refractivity contribution is 0.974. The molecule has 2 saturated carbocycles. The number of halogens is 3. The van der Waals surface area contributed by atoms with E-state index in [2.05, 4.69) is 29.9 Å². The summed E-state index contributed by atoms with van der Waals surface area (Å²) >= 11 is 16.6. The smallest absolute Gasteiger partial charge is 0.156 e. The second-order valence-electron chi connectivity index (χ2n) is 7.14. The Hall–Kier alpha value is -2.49. The molecule has 2 aliphatic carbocycles. The summed E-state index contributed by atoms with van der Waals surface area (Å²) in [5.74, 6) is 1.16. The number of hydrogen-bond donors (Lipinski definition) is 3. The zero-order valence-electron chi connectivity index (χ0n) is 16.8. The molecule has 164 valence electrons. The van der Waals surface area contributed by atoms with Crippen LogP contribution in [0.5, 0.6) is 0 Å². The Morgan fingerprint density at radius 3 is 1.45 bits per heavy atom. The maximum atomic E-state index is 5.80. The van der Waals surface area contributed by atoms with Crippen molar-refractivity contribution in [1.82, 2.24) is 29.9 Å². The van der Waals surface area contributed by atoms with Crippen molar-refractivity contribution >= 4 is 51.9 Å². The molecule has 0 amide bonds. The molecule has 3 heterocycles. The second-order valence-corrected chi connectivity index (χ2v) is 8.21. The number of rotatable bonds is 2. The summed E-state index contributed by atoms with van der Waals surface area (Å²) in [6.45, 7) is 1.92. The molecule has 2 aliphatic rings. The standard InChI is InChI=1S/C8H11N3.C7H8ClN3.C4H3Cl2N3/c1-5-7(9)8(6-2-3-6)11-4-10-5;8-7-5(9)6(4-1-2-4)10-3-11-7;5-3-2(7)4(6)9-1-8-3/h4,6H,2-3,9H2,1H3;3-4H,1-2,9H2;1H,7H2. The van der Waals surface area contributed by atoms with Gasteiger partial charge in [-0.1, -0.05) is 34.8 Å². The fourth-order valence-electron chi connectivity index (χ4n) is 2.61. The largest absolute Gasteiger partial charge is 0.396 e. The van der Waals surface area contributed by atoms with Gasteiger partial charge in [0.2, 0.25) is 0 Å². The third kappa shape index (κ3) is 6.25. The molecular weight excluding hydrogens is 461 g/mol. The summed E-state index contributed by atoms with van der Waals surface area (Å²) in [6, 6.07) is 0. The summed E-state index contributed by atoms with van der Waals surface area (Å²) in [7, 11) is 0. The molecular formula is C19H22Cl3N9. The molecule has 0 bridgehead atoms. The first-order valence-corrected chi connectivity index (χ1v) is 10.7. The molecule has 0 aliphatic heterocycles. The average Bonchev–Trinajstić information content (AvgIpc) is 3.64. The Labute approximate surface area is 194 Å². The van der Waals surface area contributed by atoms with Crippen LogP contribution in [-0.2, 0) is 0 Å². The second kappa shape index (κ2) is 10.2. The molecule has 0 unspecified atom stereocenters. The van der Waals surface area contributed by atoms with Crippen molar-refractivity contribution in [2.24, 2.45) is 0 Å². The monoisotopic (exact) mass is 481 g/mol. The van der Waals surface area contributed by atoms with Gasteiger partial charge in [0.05, 0.1) is 28.5 Å². The van der Waals surface area contributed by atoms with E-state index >= 15 is 0 Å². The lowest BCUT2D eigenvalue weighted by atomic mass is 10.2. The Balaban J connectivity index is 0.000000133. The van der Waals surface area contributed by atoms with Crippen molar-refractivity contribution in [2.75, 3.05) is 17.2 Å². The number of aryl methyl sites for hydroxylation is 1. The van der Waals surface area contributed by atoms with Crippen molar-refractivity contribution in [2.45, 2.75) is 44.4 Å². The Morgan fingerprint density at radius 1 is 0.613 bits per heavy atom. The number of hydrogen-bond acceptors (Lipinski definition) is 9. The Bertz CT molecular complexity index is 976. The van der Waals surface area contributed by atoms with E-state index in [1.54, 1.807) is 6.33 Å². The molecule has 0 saturated heterocycles. The van der Waals surface area contributed by atoms with Crippen molar-refractivity contribution in [3.63, 3.8) is 0 Å². The van der Waals surface area contributed by atoms with Gasteiger partial charge in [-0.05, 0) is 32.6 Å². The highest BCUT2D eigenvalue weighted by Gasteiger charge is 2.28. The van der Waals surface area contributed by atoms with Gasteiger partial charge in [-0.15, -0.1) is 0 Å². The highest BCUT2D eigenvalue weighted by Crippen LogP contribution is 2.42. The number of nitrogens with zero attached hydrogens (tertiary/aromatic N) is 6. The van der Waals surface area contributed by atoms with Crippen LogP contribution in [0.25, 0.3) is 0 Å². The molecule has 2 fully saturated rings. The van der Waals surface area contributed by atoms with Crippen LogP contribution in [-0.4, -0.2) is 29.9 Å². The molecule has 12 heteroatoms. The molecule has 9 nitrogen and oxygen atoms in total. The lowest BCUT2D eigenvalue weighted by Crippen LogP contribution is -2.00. The predicted octanol–water partition coefficient (Wildman–Crippen LogP) is 4.20. The first-order valence-electron chi connectivity index (χ1n) is 9.53. The molecule has 31 heavy (non-hydrogen) atoms. The van der Waals surface area contributed by atoms with E-state index in [1.807, 2.05) is 6.92 Å². The number of nitrogens with two attached hydrogens (primary N) is 3. The van der Waals surface area contributed by atoms with Gasteiger partial charge in [-0.2, -0.15) is 0 Å². The molecule has 0 aromatic carbocycles. The van der Waals surface area contributed by atoms with E-state index < -0.39 is 0 Å². The molecule has 0 spiro atoms. The van der Waals surface area contributed by atoms with Gasteiger partial charge in [-0.25, -0.2) is 29.9 Å². The summed E-state index contributed by atoms with van der Waals surface area (Å²) in [6.07, 6.45) is 9.14. The molecule has 5 rings (SSSR count). The molecule has 3 aromatic rings. The normalized spacial score (nSPS) is 14.7. The third-order valence-electron chi connectivity index (χ3n) is 4.69. The van der Waals surface area contributed by atoms with Gasteiger partial charge in [0, 0.05) is 11.8 Å². The van der Waals surface area contributed by atoms with Gasteiger partial charge in [-0.3, -0.25) is 0 Å². The molecule has 0 radical (unpaired) electrons. The first-order chi connectivity index (χ1) is 14.8. The van der Waals surface area contributed by atoms with Crippen LogP contribution in [0.3, 0.4) is 0 Å². The van der Waals surface area contributed by atoms with Crippen molar-refractivity contribution in [3.8, 4) is 0 Å². The molecule has 0 atom stereocenters. The van der Waals surface area contributed by atoms with Gasteiger partial charge < -0.3 is 17.2 Å². The van der Waals surface area contributed by atoms with Crippen molar-refractivity contribution < 1.29 is 0 Å². The fourth-order valence-corrected chi connectivity index (χ4v) is 3.06. The Kier molecular flexibility index (Phi) is 7.64. The molecule has 3 aromatic heterocycles. The van der Waals surface area contributed by atoms with Crippen LogP contribution >= 0.6 is 34.8 Å². The zero-order valence-corrected chi connectivity index (χ0v) is 19.0. The number of anilines is 3. The van der Waals surface area contributed by atoms with Gasteiger partial charge >= 0.3 is 0 Å². The van der Waals surface area contributed by atoms with E-state index in [4.69, 9.17) is 52.0 Å². The van der Waals surface area contributed by atoms with Crippen molar-refractivity contribution in [3.05, 3.63) is 51.5 Å². The highest BCUT2D eigenvalue weighted by atomic mass is 35.5. The van der Waals surface area contributed by atoms with Crippen LogP contribution in [0.2, 0.25) is 15.5 Å². The van der Waals surface area contributed by atoms with E-state index in [-0.39, 0.29) is 16.0 Å². The first kappa shape index (κ1) is 23.2. The van der Waals surface area contributed by atoms with Crippen LogP contribution < -0.4 is 17.2 Å². The summed E-state index contributed by atoms with van der Waals surface area (Å²) in [5, 5.41) is 0.756. The van der Waals surface area contributed by atoms with Crippen molar-refractivity contribution in [1.29, 1.82) is 0 Å². The van der Waals surface area contributed by atoms with Gasteiger partial charge in [0.1, 0.15) is 24.7 Å². The minimum atomic E-state index is 0.190. The number of nitrogen functional groups attached to an aromatic ring is 3. The summed E-state index contributed by atoms with van der Waals surface area (Å²) in [5.41, 5.74) is 21.2. The SMILES string of the molecule is Cc1ncnc(C2CC2)c1N.Nc1c(Cl)ncnc1C1CC1.Nc1c(Cl)ncnc1Cl. The highest BCUT2D eigenvalue weighted by molar-refractivity contribution is 6.37. The zero-order chi connectivity index (χ0) is 22.5. The van der Waals surface area contributed by atoms with E-state index in [1.165, 1.54) is 38.3 Å². The maximum Gasteiger partial charge on any atom is 0.156 e. The van der Waals surface area contributed by atoms with Crippen LogP contribution in [0.1, 0.15) is 54.6 Å². The van der Waals surface area contributed by atoms with Gasteiger partial charge in [0.25, 0.3) is 0 Å². The fraction of sp³-hybridized carbons (Fsp3) is 0.368. The topological polar surface area (TPSA) is 155 Å². The molecule has 6 N–H and O–H groups in total. The van der Waals surface area contributed by atoms with E-state index in [0.29, 0.717) is 22.7 Å². The van der Waals surface area contributed by atoms with Crippen LogP contribution in [0.15, 0.2) is 19.0 Å². The lowest BCUT2D eigenvalue weighted by Gasteiger charge is -2.03. The summed E-state index contributed by atoms with van der Waals surface area (Å²) < 4.78 is 0. The Morgan fingerprint density at radius 2 is 1.00 bits per heavy atom. The van der Waals surface area contributed by atoms with E-state index in [0.717, 1.165) is 22.8 Å². The minimum Gasteiger partial charge on any atom is -0.396 e. The average molecular weight is 483 g/mol. The van der Waals surface area contributed by atoms with Crippen LogP contribution in [0, 0.1) is 6.92 Å². The minimum absolute atomic E-state index is 0.190. The van der Waals surface area contributed by atoms with Gasteiger partial charge in [0.15, 0.2) is 15.5 Å². The van der Waals surface area contributed by atoms with Crippen LogP contribution in [0.4, 0.5) is 17.1 Å². The van der Waals surface area contributed by atoms with E-state index in [9.17, 15) is 0 Å². The third-order valence-corrected chi connectivity index (χ3v) is 5.60. The summed E-state index contributed by atoms with van der Waals surface area (Å²) in [4.78, 5) is 23.2. The quantitative estimate of drug-likeness (QED) is 0.455. The maximum absolute atomic E-state index is 5.80. The number of aromatic nitrogens is 6.